The maximum atomic E-state index is 14.0. The highest BCUT2D eigenvalue weighted by Gasteiger charge is 2.33. The molecule has 0 amide bonds. The minimum atomic E-state index is -0.340. The first-order valence-electron chi connectivity index (χ1n) is 11.1. The molecule has 0 bridgehead atoms. The molecule has 1 saturated heterocycles. The van der Waals surface area contributed by atoms with Crippen molar-refractivity contribution in [1.82, 2.24) is 15.1 Å². The van der Waals surface area contributed by atoms with E-state index >= 15 is 0 Å². The molecular weight excluding hydrogens is 381 g/mol. The molecular formula is C24H32FN3O2. The number of halogens is 1. The largest absolute Gasteiger partial charge is 0.421 e. The van der Waals surface area contributed by atoms with Gasteiger partial charge in [-0.1, -0.05) is 37.6 Å². The van der Waals surface area contributed by atoms with Crippen LogP contribution < -0.4 is 0 Å². The maximum Gasteiger partial charge on any atom is 0.250 e. The van der Waals surface area contributed by atoms with E-state index < -0.39 is 0 Å². The first kappa shape index (κ1) is 21.2. The van der Waals surface area contributed by atoms with Gasteiger partial charge in [-0.05, 0) is 49.1 Å². The number of allylic oxidation sites excluding steroid dienone is 1. The third-order valence-electron chi connectivity index (χ3n) is 6.65. The van der Waals surface area contributed by atoms with Crippen molar-refractivity contribution < 1.29 is 13.5 Å². The summed E-state index contributed by atoms with van der Waals surface area (Å²) < 4.78 is 25.4. The van der Waals surface area contributed by atoms with Crippen LogP contribution in [0.15, 0.2) is 40.3 Å². The Bertz CT molecular complexity index is 873. The smallest absolute Gasteiger partial charge is 0.250 e. The fraction of sp³-hybridized carbons (Fsp3) is 0.583. The van der Waals surface area contributed by atoms with Crippen LogP contribution in [0.3, 0.4) is 0 Å². The number of hydrogen-bond donors (Lipinski definition) is 0. The van der Waals surface area contributed by atoms with E-state index in [4.69, 9.17) is 9.15 Å². The number of ether oxygens (including phenoxy) is 1. The average molecular weight is 414 g/mol. The van der Waals surface area contributed by atoms with Gasteiger partial charge in [-0.3, -0.25) is 4.90 Å². The molecule has 4 rings (SSSR count). The monoisotopic (exact) mass is 413 g/mol. The predicted octanol–water partition coefficient (Wildman–Crippen LogP) is 4.61. The molecule has 1 fully saturated rings. The van der Waals surface area contributed by atoms with Crippen molar-refractivity contribution in [1.29, 1.82) is 0 Å². The minimum absolute atomic E-state index is 0.256. The molecule has 2 aliphatic rings. The van der Waals surface area contributed by atoms with Crippen molar-refractivity contribution in [3.05, 3.63) is 47.6 Å². The van der Waals surface area contributed by atoms with Gasteiger partial charge in [-0.15, -0.1) is 10.2 Å². The van der Waals surface area contributed by atoms with E-state index in [-0.39, 0.29) is 11.7 Å². The molecule has 6 heteroatoms. The summed E-state index contributed by atoms with van der Waals surface area (Å²) in [6.07, 6.45) is 4.30. The molecule has 1 aliphatic carbocycles. The van der Waals surface area contributed by atoms with Crippen molar-refractivity contribution in [2.24, 2.45) is 23.7 Å². The Morgan fingerprint density at radius 2 is 1.93 bits per heavy atom. The second kappa shape index (κ2) is 9.40. The van der Waals surface area contributed by atoms with Gasteiger partial charge in [-0.25, -0.2) is 4.39 Å². The Morgan fingerprint density at radius 1 is 1.17 bits per heavy atom. The van der Waals surface area contributed by atoms with Gasteiger partial charge in [-0.2, -0.15) is 0 Å². The van der Waals surface area contributed by atoms with Gasteiger partial charge in [0, 0.05) is 26.1 Å². The molecule has 0 N–H and O–H groups in total. The van der Waals surface area contributed by atoms with Crippen LogP contribution in [0.1, 0.15) is 33.1 Å². The fourth-order valence-corrected chi connectivity index (χ4v) is 4.86. The summed E-state index contributed by atoms with van der Waals surface area (Å²) in [7, 11) is 0. The van der Waals surface area contributed by atoms with Crippen LogP contribution in [0.5, 0.6) is 0 Å². The number of hydrogen-bond acceptors (Lipinski definition) is 5. The minimum Gasteiger partial charge on any atom is -0.421 e. The van der Waals surface area contributed by atoms with E-state index in [1.54, 1.807) is 18.2 Å². The summed E-state index contributed by atoms with van der Waals surface area (Å²) >= 11 is 0. The molecule has 5 nitrogen and oxygen atoms in total. The molecule has 0 spiro atoms. The molecule has 0 unspecified atom stereocenters. The number of aromatic nitrogens is 2. The maximum absolute atomic E-state index is 14.0. The van der Waals surface area contributed by atoms with Gasteiger partial charge in [0.25, 0.3) is 5.89 Å². The van der Waals surface area contributed by atoms with E-state index in [2.05, 4.69) is 41.9 Å². The second-order valence-corrected chi connectivity index (χ2v) is 9.01. The molecule has 30 heavy (non-hydrogen) atoms. The fourth-order valence-electron chi connectivity index (χ4n) is 4.86. The van der Waals surface area contributed by atoms with Crippen molar-refractivity contribution in [3.63, 3.8) is 0 Å². The normalized spacial score (nSPS) is 25.5. The molecule has 3 atom stereocenters. The average Bonchev–Trinajstić information content (AvgIpc) is 3.19. The Balaban J connectivity index is 1.47. The summed E-state index contributed by atoms with van der Waals surface area (Å²) in [6.45, 7) is 11.7. The summed E-state index contributed by atoms with van der Waals surface area (Å²) in [4.78, 5) is 2.53. The lowest BCUT2D eigenvalue weighted by molar-refractivity contribution is 0.0256. The van der Waals surface area contributed by atoms with Crippen LogP contribution in [0.2, 0.25) is 0 Å². The van der Waals surface area contributed by atoms with Gasteiger partial charge in [0.1, 0.15) is 5.82 Å². The van der Waals surface area contributed by atoms with Crippen molar-refractivity contribution >= 4 is 0 Å². The third-order valence-corrected chi connectivity index (χ3v) is 6.65. The van der Waals surface area contributed by atoms with Gasteiger partial charge < -0.3 is 9.15 Å². The lowest BCUT2D eigenvalue weighted by Gasteiger charge is -2.40. The topological polar surface area (TPSA) is 51.4 Å². The van der Waals surface area contributed by atoms with Gasteiger partial charge in [0.05, 0.1) is 18.8 Å². The van der Waals surface area contributed by atoms with Crippen molar-refractivity contribution in [2.45, 2.75) is 33.6 Å². The standard InChI is InChI=1S/C24H32FN3O2/c1-16(2)21-13-18(17(3)12-19(21)15-28-8-10-29-11-9-28)14-23-26-27-24(30-23)20-6-4-5-7-22(20)25/h4-7,12,16,18-19,21H,8-11,13-15H2,1-3H3/t18-,19-,21-/m0/s1. The van der Waals surface area contributed by atoms with E-state index in [1.165, 1.54) is 11.6 Å². The summed E-state index contributed by atoms with van der Waals surface area (Å²) in [5.74, 6) is 2.68. The van der Waals surface area contributed by atoms with Crippen LogP contribution >= 0.6 is 0 Å². The summed E-state index contributed by atoms with van der Waals surface area (Å²) in [5, 5.41) is 8.30. The number of nitrogens with zero attached hydrogens (tertiary/aromatic N) is 3. The first-order chi connectivity index (χ1) is 14.5. The highest BCUT2D eigenvalue weighted by Crippen LogP contribution is 2.39. The van der Waals surface area contributed by atoms with Crippen molar-refractivity contribution in [2.75, 3.05) is 32.8 Å². The van der Waals surface area contributed by atoms with Crippen LogP contribution in [0.4, 0.5) is 4.39 Å². The van der Waals surface area contributed by atoms with E-state index in [0.717, 1.165) is 39.3 Å². The van der Waals surface area contributed by atoms with E-state index in [1.807, 2.05) is 0 Å². The molecule has 0 radical (unpaired) electrons. The second-order valence-electron chi connectivity index (χ2n) is 9.01. The van der Waals surface area contributed by atoms with Gasteiger partial charge in [0.2, 0.25) is 5.89 Å². The number of benzene rings is 1. The van der Waals surface area contributed by atoms with E-state index in [9.17, 15) is 4.39 Å². The zero-order chi connectivity index (χ0) is 21.1. The number of morpholine rings is 1. The molecule has 2 heterocycles. The van der Waals surface area contributed by atoms with Crippen molar-refractivity contribution in [3.8, 4) is 11.5 Å². The third kappa shape index (κ3) is 4.81. The molecule has 0 saturated carbocycles. The first-order valence-corrected chi connectivity index (χ1v) is 11.1. The van der Waals surface area contributed by atoms with Gasteiger partial charge in [0.15, 0.2) is 0 Å². The Morgan fingerprint density at radius 3 is 2.67 bits per heavy atom. The lowest BCUT2D eigenvalue weighted by atomic mass is 9.69. The molecule has 1 aromatic heterocycles. The molecule has 1 aromatic carbocycles. The zero-order valence-electron chi connectivity index (χ0n) is 18.2. The van der Waals surface area contributed by atoms with Gasteiger partial charge >= 0.3 is 0 Å². The Kier molecular flexibility index (Phi) is 6.64. The lowest BCUT2D eigenvalue weighted by Crippen LogP contribution is -2.42. The number of rotatable bonds is 6. The quantitative estimate of drug-likeness (QED) is 0.648. The Labute approximate surface area is 178 Å². The SMILES string of the molecule is CC1=C[C@@H](CN2CCOCC2)[C@H](C(C)C)C[C@H]1Cc1nnc(-c2ccccc2F)o1. The van der Waals surface area contributed by atoms with Crippen LogP contribution in [-0.4, -0.2) is 47.9 Å². The molecule has 2 aromatic rings. The Hall–Kier alpha value is -2.05. The van der Waals surface area contributed by atoms with Crippen LogP contribution in [-0.2, 0) is 11.2 Å². The zero-order valence-corrected chi connectivity index (χ0v) is 18.2. The highest BCUT2D eigenvalue weighted by atomic mass is 19.1. The molecule has 162 valence electrons. The molecule has 1 aliphatic heterocycles. The van der Waals surface area contributed by atoms with Crippen LogP contribution in [0.25, 0.3) is 11.5 Å². The van der Waals surface area contributed by atoms with Crippen LogP contribution in [0, 0.1) is 29.5 Å². The highest BCUT2D eigenvalue weighted by molar-refractivity contribution is 5.53. The van der Waals surface area contributed by atoms with E-state index in [0.29, 0.717) is 41.5 Å². The summed E-state index contributed by atoms with van der Waals surface area (Å²) in [5.41, 5.74) is 1.76. The predicted molar refractivity (Wildman–Crippen MR) is 114 cm³/mol. The summed E-state index contributed by atoms with van der Waals surface area (Å²) in [6, 6.07) is 6.52.